The Balaban J connectivity index is 1.68. The van der Waals surface area contributed by atoms with Crippen LogP contribution < -0.4 is 15.4 Å². The van der Waals surface area contributed by atoms with Crippen molar-refractivity contribution in [3.05, 3.63) is 65.2 Å². The van der Waals surface area contributed by atoms with Crippen LogP contribution in [0.1, 0.15) is 23.0 Å². The van der Waals surface area contributed by atoms with Gasteiger partial charge in [-0.25, -0.2) is 4.98 Å². The molecule has 162 valence electrons. The first-order valence-corrected chi connectivity index (χ1v) is 10.1. The third-order valence-corrected chi connectivity index (χ3v) is 4.90. The summed E-state index contributed by atoms with van der Waals surface area (Å²) in [6.45, 7) is 2.14. The molecule has 10 heteroatoms. The predicted octanol–water partition coefficient (Wildman–Crippen LogP) is 4.60. The van der Waals surface area contributed by atoms with Gasteiger partial charge in [-0.15, -0.1) is 11.3 Å². The number of benzene rings is 2. The monoisotopic (exact) mass is 449 g/mol. The lowest BCUT2D eigenvalue weighted by Gasteiger charge is -2.08. The maximum absolute atomic E-state index is 12.9. The zero-order valence-corrected chi connectivity index (χ0v) is 17.1. The lowest BCUT2D eigenvalue weighted by molar-refractivity contribution is -0.137. The molecule has 0 saturated heterocycles. The van der Waals surface area contributed by atoms with Crippen LogP contribution >= 0.6 is 11.3 Å². The van der Waals surface area contributed by atoms with Crippen molar-refractivity contribution >= 4 is 28.8 Å². The number of carbonyl (C=O) groups is 2. The highest BCUT2D eigenvalue weighted by molar-refractivity contribution is 7.13. The Bertz CT molecular complexity index is 1080. The third-order valence-electron chi connectivity index (χ3n) is 4.01. The Hall–Kier alpha value is -3.40. The van der Waals surface area contributed by atoms with Crippen LogP contribution in [-0.2, 0) is 11.0 Å². The molecule has 0 aliphatic rings. The van der Waals surface area contributed by atoms with Crippen molar-refractivity contribution in [3.8, 4) is 16.3 Å². The summed E-state index contributed by atoms with van der Waals surface area (Å²) in [6, 6.07) is 11.3. The fourth-order valence-electron chi connectivity index (χ4n) is 2.60. The highest BCUT2D eigenvalue weighted by Crippen LogP contribution is 2.33. The van der Waals surface area contributed by atoms with Crippen LogP contribution in [-0.4, -0.2) is 29.9 Å². The number of alkyl halides is 3. The molecule has 0 atom stereocenters. The van der Waals surface area contributed by atoms with Crippen LogP contribution in [0.15, 0.2) is 53.9 Å². The van der Waals surface area contributed by atoms with Crippen LogP contribution in [0.25, 0.3) is 10.6 Å². The summed E-state index contributed by atoms with van der Waals surface area (Å²) in [5.74, 6) is -0.385. The van der Waals surface area contributed by atoms with E-state index < -0.39 is 17.6 Å². The molecule has 0 aliphatic carbocycles. The van der Waals surface area contributed by atoms with Crippen LogP contribution in [0, 0.1) is 0 Å². The second kappa shape index (κ2) is 9.61. The maximum Gasteiger partial charge on any atom is 0.416 e. The Morgan fingerprint density at radius 2 is 1.90 bits per heavy atom. The highest BCUT2D eigenvalue weighted by atomic mass is 32.1. The molecule has 0 saturated carbocycles. The van der Waals surface area contributed by atoms with E-state index in [-0.39, 0.29) is 23.8 Å². The number of hydrogen-bond acceptors (Lipinski definition) is 5. The number of carbonyl (C=O) groups excluding carboxylic acids is 2. The summed E-state index contributed by atoms with van der Waals surface area (Å²) in [5.41, 5.74) is -0.00617. The van der Waals surface area contributed by atoms with Gasteiger partial charge in [0.15, 0.2) is 6.61 Å². The average molecular weight is 449 g/mol. The number of nitrogens with one attached hydrogen (secondary N) is 2. The summed E-state index contributed by atoms with van der Waals surface area (Å²) in [4.78, 5) is 28.1. The molecule has 31 heavy (non-hydrogen) atoms. The molecule has 3 rings (SSSR count). The first-order chi connectivity index (χ1) is 14.8. The molecule has 1 heterocycles. The third kappa shape index (κ3) is 6.05. The predicted molar refractivity (Wildman–Crippen MR) is 111 cm³/mol. The molecular weight excluding hydrogens is 431 g/mol. The van der Waals surface area contributed by atoms with Crippen molar-refractivity contribution in [2.75, 3.05) is 18.5 Å². The average Bonchev–Trinajstić information content (AvgIpc) is 3.23. The Kier molecular flexibility index (Phi) is 6.91. The zero-order chi connectivity index (χ0) is 22.4. The van der Waals surface area contributed by atoms with E-state index in [1.54, 1.807) is 31.2 Å². The van der Waals surface area contributed by atoms with Crippen molar-refractivity contribution in [2.24, 2.45) is 0 Å². The van der Waals surface area contributed by atoms with Gasteiger partial charge in [-0.3, -0.25) is 9.59 Å². The molecule has 2 N–H and O–H groups in total. The van der Waals surface area contributed by atoms with Gasteiger partial charge in [-0.05, 0) is 31.2 Å². The molecular formula is C21H18F3N3O3S. The molecule has 0 fully saturated rings. The van der Waals surface area contributed by atoms with Gasteiger partial charge >= 0.3 is 6.18 Å². The lowest BCUT2D eigenvalue weighted by Crippen LogP contribution is -2.28. The maximum atomic E-state index is 12.9. The largest absolute Gasteiger partial charge is 0.484 e. The summed E-state index contributed by atoms with van der Waals surface area (Å²) >= 11 is 1.07. The minimum absolute atomic E-state index is 0.0751. The molecule has 0 aliphatic heterocycles. The summed E-state index contributed by atoms with van der Waals surface area (Å²) in [7, 11) is 0. The van der Waals surface area contributed by atoms with Crippen molar-refractivity contribution in [1.29, 1.82) is 0 Å². The van der Waals surface area contributed by atoms with Crippen LogP contribution in [0.5, 0.6) is 5.75 Å². The number of amides is 2. The number of hydrogen-bond donors (Lipinski definition) is 2. The molecule has 6 nitrogen and oxygen atoms in total. The Morgan fingerprint density at radius 1 is 1.13 bits per heavy atom. The number of aromatic nitrogens is 1. The molecule has 3 aromatic rings. The van der Waals surface area contributed by atoms with Crippen LogP contribution in [0.3, 0.4) is 0 Å². The standard InChI is InChI=1S/C21H18F3N3O3S/c1-2-25-18(28)11-30-16-8-4-7-15(10-16)26-19(29)17-12-31-20(27-17)13-5-3-6-14(9-13)21(22,23)24/h3-10,12H,2,11H2,1H3,(H,25,28)(H,26,29). The van der Waals surface area contributed by atoms with E-state index in [4.69, 9.17) is 4.74 Å². The number of rotatable bonds is 7. The lowest BCUT2D eigenvalue weighted by atomic mass is 10.1. The topological polar surface area (TPSA) is 80.3 Å². The highest BCUT2D eigenvalue weighted by Gasteiger charge is 2.30. The molecule has 0 radical (unpaired) electrons. The van der Waals surface area contributed by atoms with E-state index in [2.05, 4.69) is 15.6 Å². The van der Waals surface area contributed by atoms with E-state index in [1.807, 2.05) is 0 Å². The molecule has 0 unspecified atom stereocenters. The zero-order valence-electron chi connectivity index (χ0n) is 16.3. The first kappa shape index (κ1) is 22.3. The number of likely N-dealkylation sites (N-methyl/N-ethyl adjacent to an activating group) is 1. The smallest absolute Gasteiger partial charge is 0.416 e. The Labute approximate surface area is 180 Å². The van der Waals surface area contributed by atoms with Crippen molar-refractivity contribution in [3.63, 3.8) is 0 Å². The van der Waals surface area contributed by atoms with E-state index in [1.165, 1.54) is 17.5 Å². The normalized spacial score (nSPS) is 11.1. The molecule has 2 amide bonds. The van der Waals surface area contributed by atoms with Gasteiger partial charge in [0, 0.05) is 29.2 Å². The summed E-state index contributed by atoms with van der Waals surface area (Å²) in [5, 5.41) is 7.04. The van der Waals surface area contributed by atoms with Gasteiger partial charge in [0.2, 0.25) is 0 Å². The number of thiazole rings is 1. The fourth-order valence-corrected chi connectivity index (χ4v) is 3.39. The van der Waals surface area contributed by atoms with Crippen molar-refractivity contribution in [1.82, 2.24) is 10.3 Å². The molecule has 1 aromatic heterocycles. The van der Waals surface area contributed by atoms with Gasteiger partial charge < -0.3 is 15.4 Å². The number of anilines is 1. The molecule has 2 aromatic carbocycles. The van der Waals surface area contributed by atoms with Gasteiger partial charge in [0.05, 0.1) is 5.56 Å². The summed E-state index contributed by atoms with van der Waals surface area (Å²) in [6.07, 6.45) is -4.46. The Morgan fingerprint density at radius 3 is 2.65 bits per heavy atom. The quantitative estimate of drug-likeness (QED) is 0.553. The molecule has 0 spiro atoms. The van der Waals surface area contributed by atoms with E-state index in [0.29, 0.717) is 23.0 Å². The van der Waals surface area contributed by atoms with Crippen molar-refractivity contribution < 1.29 is 27.5 Å². The minimum atomic E-state index is -4.46. The number of halogens is 3. The molecule has 0 bridgehead atoms. The first-order valence-electron chi connectivity index (χ1n) is 9.20. The number of ether oxygens (including phenoxy) is 1. The van der Waals surface area contributed by atoms with E-state index in [0.717, 1.165) is 23.5 Å². The second-order valence-corrected chi connectivity index (χ2v) is 7.20. The fraction of sp³-hybridized carbons (Fsp3) is 0.190. The van der Waals surface area contributed by atoms with Crippen LogP contribution in [0.2, 0.25) is 0 Å². The minimum Gasteiger partial charge on any atom is -0.484 e. The van der Waals surface area contributed by atoms with E-state index >= 15 is 0 Å². The SMILES string of the molecule is CCNC(=O)COc1cccc(NC(=O)c2csc(-c3cccc(C(F)(F)F)c3)n2)c1. The number of nitrogens with zero attached hydrogens (tertiary/aromatic N) is 1. The van der Waals surface area contributed by atoms with Crippen molar-refractivity contribution in [2.45, 2.75) is 13.1 Å². The van der Waals surface area contributed by atoms with Gasteiger partial charge in [-0.1, -0.05) is 18.2 Å². The summed E-state index contributed by atoms with van der Waals surface area (Å²) < 4.78 is 44.1. The van der Waals surface area contributed by atoms with Gasteiger partial charge in [0.25, 0.3) is 11.8 Å². The van der Waals surface area contributed by atoms with Crippen LogP contribution in [0.4, 0.5) is 18.9 Å². The van der Waals surface area contributed by atoms with Gasteiger partial charge in [0.1, 0.15) is 16.5 Å². The second-order valence-electron chi connectivity index (χ2n) is 6.34. The van der Waals surface area contributed by atoms with Gasteiger partial charge in [-0.2, -0.15) is 13.2 Å². The van der Waals surface area contributed by atoms with E-state index in [9.17, 15) is 22.8 Å².